The first-order valence-electron chi connectivity index (χ1n) is 8.08. The fourth-order valence-electron chi connectivity index (χ4n) is 4.07. The van der Waals surface area contributed by atoms with E-state index in [4.69, 9.17) is 0 Å². The smallest absolute Gasteiger partial charge is 0.220 e. The first kappa shape index (κ1) is 13.1. The number of hydrogen-bond donors (Lipinski definition) is 2. The maximum absolute atomic E-state index is 11.5. The van der Waals surface area contributed by atoms with E-state index in [9.17, 15) is 4.79 Å². The number of amides is 1. The number of rotatable bonds is 2. The molecule has 21 heavy (non-hydrogen) atoms. The summed E-state index contributed by atoms with van der Waals surface area (Å²) in [6.07, 6.45) is 4.19. The predicted octanol–water partition coefficient (Wildman–Crippen LogP) is 1.76. The molecule has 2 saturated heterocycles. The standard InChI is InChI=1S/C17H23N3O/c21-15-10-17(12-19-15)5-8-20(9-6-17)11-14-3-1-2-13-4-7-18-16(13)14/h1-3,18H,4-12H2,(H,19,21). The average Bonchev–Trinajstić information content (AvgIpc) is 3.10. The van der Waals surface area contributed by atoms with Gasteiger partial charge in [-0.25, -0.2) is 0 Å². The summed E-state index contributed by atoms with van der Waals surface area (Å²) < 4.78 is 0. The fraction of sp³-hybridized carbons (Fsp3) is 0.588. The number of fused-ring (bicyclic) bond motifs is 1. The highest BCUT2D eigenvalue weighted by Gasteiger charge is 2.40. The van der Waals surface area contributed by atoms with Crippen LogP contribution in [-0.2, 0) is 17.8 Å². The number of hydrogen-bond acceptors (Lipinski definition) is 3. The largest absolute Gasteiger partial charge is 0.384 e. The Morgan fingerprint density at radius 3 is 2.81 bits per heavy atom. The van der Waals surface area contributed by atoms with E-state index in [1.54, 1.807) is 0 Å². The zero-order valence-corrected chi connectivity index (χ0v) is 12.5. The van der Waals surface area contributed by atoms with Gasteiger partial charge >= 0.3 is 0 Å². The van der Waals surface area contributed by atoms with Crippen LogP contribution in [-0.4, -0.2) is 37.0 Å². The lowest BCUT2D eigenvalue weighted by Gasteiger charge is -2.38. The summed E-state index contributed by atoms with van der Waals surface area (Å²) in [7, 11) is 0. The average molecular weight is 285 g/mol. The first-order chi connectivity index (χ1) is 10.2. The number of carbonyl (C=O) groups is 1. The molecule has 0 unspecified atom stereocenters. The van der Waals surface area contributed by atoms with E-state index in [2.05, 4.69) is 33.7 Å². The molecule has 1 amide bonds. The van der Waals surface area contributed by atoms with Crippen LogP contribution in [0.4, 0.5) is 5.69 Å². The summed E-state index contributed by atoms with van der Waals surface area (Å²) >= 11 is 0. The number of benzene rings is 1. The maximum atomic E-state index is 11.5. The normalized spacial score (nSPS) is 23.9. The summed E-state index contributed by atoms with van der Waals surface area (Å²) in [5.41, 5.74) is 4.52. The van der Waals surface area contributed by atoms with Crippen molar-refractivity contribution in [2.45, 2.75) is 32.2 Å². The van der Waals surface area contributed by atoms with Crippen LogP contribution in [0.5, 0.6) is 0 Å². The Kier molecular flexibility index (Phi) is 3.14. The quantitative estimate of drug-likeness (QED) is 0.870. The minimum Gasteiger partial charge on any atom is -0.384 e. The van der Waals surface area contributed by atoms with Crippen LogP contribution in [0.25, 0.3) is 0 Å². The third kappa shape index (κ3) is 2.42. The lowest BCUT2D eigenvalue weighted by atomic mass is 9.77. The van der Waals surface area contributed by atoms with Gasteiger partial charge in [-0.2, -0.15) is 0 Å². The van der Waals surface area contributed by atoms with Crippen LogP contribution in [0.2, 0.25) is 0 Å². The van der Waals surface area contributed by atoms with Crippen molar-refractivity contribution in [3.8, 4) is 0 Å². The van der Waals surface area contributed by atoms with E-state index in [0.717, 1.165) is 58.4 Å². The molecule has 0 aromatic heterocycles. The summed E-state index contributed by atoms with van der Waals surface area (Å²) in [5.74, 6) is 0.244. The number of likely N-dealkylation sites (tertiary alicyclic amines) is 1. The van der Waals surface area contributed by atoms with Gasteiger partial charge in [-0.3, -0.25) is 9.69 Å². The van der Waals surface area contributed by atoms with Gasteiger partial charge < -0.3 is 10.6 Å². The molecule has 0 bridgehead atoms. The van der Waals surface area contributed by atoms with Crippen molar-refractivity contribution in [1.29, 1.82) is 0 Å². The van der Waals surface area contributed by atoms with Crippen LogP contribution in [0.3, 0.4) is 0 Å². The Labute approximate surface area is 125 Å². The van der Waals surface area contributed by atoms with Gasteiger partial charge in [-0.1, -0.05) is 18.2 Å². The van der Waals surface area contributed by atoms with Gasteiger partial charge in [0.05, 0.1) is 0 Å². The predicted molar refractivity (Wildman–Crippen MR) is 83.2 cm³/mol. The number of nitrogens with zero attached hydrogens (tertiary/aromatic N) is 1. The zero-order valence-electron chi connectivity index (χ0n) is 12.5. The van der Waals surface area contributed by atoms with Crippen molar-refractivity contribution in [2.24, 2.45) is 5.41 Å². The second-order valence-electron chi connectivity index (χ2n) is 6.86. The molecular weight excluding hydrogens is 262 g/mol. The van der Waals surface area contributed by atoms with Crippen LogP contribution in [0.1, 0.15) is 30.4 Å². The number of carbonyl (C=O) groups excluding carboxylic acids is 1. The molecule has 0 saturated carbocycles. The summed E-state index contributed by atoms with van der Waals surface area (Å²) in [5, 5.41) is 6.54. The van der Waals surface area contributed by atoms with Gasteiger partial charge in [-0.05, 0) is 48.9 Å². The van der Waals surface area contributed by atoms with Gasteiger partial charge in [0.2, 0.25) is 5.91 Å². The molecule has 112 valence electrons. The highest BCUT2D eigenvalue weighted by Crippen LogP contribution is 2.38. The second-order valence-corrected chi connectivity index (χ2v) is 6.86. The van der Waals surface area contributed by atoms with Gasteiger partial charge in [0, 0.05) is 31.7 Å². The molecular formula is C17H23N3O. The van der Waals surface area contributed by atoms with E-state index in [0.29, 0.717) is 0 Å². The molecule has 2 N–H and O–H groups in total. The Bertz CT molecular complexity index is 561. The molecule has 1 spiro atoms. The molecule has 2 fully saturated rings. The third-order valence-corrected chi connectivity index (χ3v) is 5.44. The fourth-order valence-corrected chi connectivity index (χ4v) is 4.07. The maximum Gasteiger partial charge on any atom is 0.220 e. The SMILES string of the molecule is O=C1CC2(CCN(Cc3cccc4c3NCC4)CC2)CN1. The van der Waals surface area contributed by atoms with Crippen molar-refractivity contribution in [2.75, 3.05) is 31.5 Å². The highest BCUT2D eigenvalue weighted by atomic mass is 16.1. The molecule has 1 aromatic rings. The molecule has 3 aliphatic heterocycles. The molecule has 0 aliphatic carbocycles. The Balaban J connectivity index is 1.41. The molecule has 4 nitrogen and oxygen atoms in total. The van der Waals surface area contributed by atoms with Crippen molar-refractivity contribution >= 4 is 11.6 Å². The van der Waals surface area contributed by atoms with Gasteiger partial charge in [0.1, 0.15) is 0 Å². The molecule has 3 aliphatic rings. The Morgan fingerprint density at radius 2 is 2.05 bits per heavy atom. The minimum atomic E-state index is 0.244. The van der Waals surface area contributed by atoms with Gasteiger partial charge in [0.15, 0.2) is 0 Å². The van der Waals surface area contributed by atoms with E-state index in [1.165, 1.54) is 16.8 Å². The number of nitrogens with one attached hydrogen (secondary N) is 2. The van der Waals surface area contributed by atoms with Crippen LogP contribution in [0.15, 0.2) is 18.2 Å². The van der Waals surface area contributed by atoms with E-state index in [1.807, 2.05) is 0 Å². The lowest BCUT2D eigenvalue weighted by Crippen LogP contribution is -2.40. The van der Waals surface area contributed by atoms with Crippen LogP contribution in [0, 0.1) is 5.41 Å². The number of anilines is 1. The van der Waals surface area contributed by atoms with Crippen molar-refractivity contribution in [3.63, 3.8) is 0 Å². The van der Waals surface area contributed by atoms with Crippen molar-refractivity contribution in [1.82, 2.24) is 10.2 Å². The summed E-state index contributed by atoms with van der Waals surface area (Å²) in [4.78, 5) is 14.0. The van der Waals surface area contributed by atoms with Crippen LogP contribution >= 0.6 is 0 Å². The topological polar surface area (TPSA) is 44.4 Å². The minimum absolute atomic E-state index is 0.244. The number of para-hydroxylation sites is 1. The Morgan fingerprint density at radius 1 is 1.19 bits per heavy atom. The molecule has 4 heteroatoms. The number of piperidine rings is 1. The molecule has 1 aromatic carbocycles. The zero-order chi connectivity index (χ0) is 14.3. The summed E-state index contributed by atoms with van der Waals surface area (Å²) in [6.45, 7) is 5.22. The Hall–Kier alpha value is -1.55. The second kappa shape index (κ2) is 5.02. The summed E-state index contributed by atoms with van der Waals surface area (Å²) in [6, 6.07) is 6.67. The molecule has 3 heterocycles. The van der Waals surface area contributed by atoms with E-state index >= 15 is 0 Å². The van der Waals surface area contributed by atoms with Gasteiger partial charge in [0.25, 0.3) is 0 Å². The highest BCUT2D eigenvalue weighted by molar-refractivity contribution is 5.79. The molecule has 4 rings (SSSR count). The monoisotopic (exact) mass is 285 g/mol. The van der Waals surface area contributed by atoms with Crippen molar-refractivity contribution < 1.29 is 4.79 Å². The molecule has 0 atom stereocenters. The lowest BCUT2D eigenvalue weighted by molar-refractivity contribution is -0.119. The van der Waals surface area contributed by atoms with E-state index in [-0.39, 0.29) is 11.3 Å². The van der Waals surface area contributed by atoms with E-state index < -0.39 is 0 Å². The van der Waals surface area contributed by atoms with Crippen LogP contribution < -0.4 is 10.6 Å². The third-order valence-electron chi connectivity index (χ3n) is 5.44. The first-order valence-corrected chi connectivity index (χ1v) is 8.08. The van der Waals surface area contributed by atoms with Gasteiger partial charge in [-0.15, -0.1) is 0 Å². The molecule has 0 radical (unpaired) electrons. The van der Waals surface area contributed by atoms with Crippen molar-refractivity contribution in [3.05, 3.63) is 29.3 Å².